The van der Waals surface area contributed by atoms with E-state index in [-0.39, 0.29) is 30.0 Å². The number of likely N-dealkylation sites (tertiary alicyclic amines) is 1. The SMILES string of the molecule is C=CC(=O)N1CCCC(C(=O)N2CCOc3cc([N+](=O)[O-])ccc3C2)C1. The molecule has 1 atom stereocenters. The fraction of sp³-hybridized carbons (Fsp3) is 0.444. The normalized spacial score (nSPS) is 19.8. The molecule has 0 N–H and O–H groups in total. The van der Waals surface area contributed by atoms with Crippen LogP contribution in [0.1, 0.15) is 18.4 Å². The lowest BCUT2D eigenvalue weighted by atomic mass is 9.96. The molecule has 0 aliphatic carbocycles. The summed E-state index contributed by atoms with van der Waals surface area (Å²) in [7, 11) is 0. The topological polar surface area (TPSA) is 93.0 Å². The van der Waals surface area contributed by atoms with Crippen molar-refractivity contribution in [2.45, 2.75) is 19.4 Å². The number of amides is 2. The molecule has 0 saturated carbocycles. The highest BCUT2D eigenvalue weighted by molar-refractivity contribution is 5.88. The van der Waals surface area contributed by atoms with Crippen molar-refractivity contribution in [3.8, 4) is 5.75 Å². The van der Waals surface area contributed by atoms with Gasteiger partial charge in [0.1, 0.15) is 12.4 Å². The molecule has 1 aromatic carbocycles. The first-order valence-electron chi connectivity index (χ1n) is 8.60. The third-order valence-corrected chi connectivity index (χ3v) is 4.81. The van der Waals surface area contributed by atoms with Crippen LogP contribution in [0, 0.1) is 16.0 Å². The smallest absolute Gasteiger partial charge is 0.273 e. The Balaban J connectivity index is 1.73. The van der Waals surface area contributed by atoms with Crippen molar-refractivity contribution in [3.05, 3.63) is 46.5 Å². The van der Waals surface area contributed by atoms with Crippen LogP contribution in [-0.2, 0) is 16.1 Å². The number of hydrogen-bond donors (Lipinski definition) is 0. The van der Waals surface area contributed by atoms with Gasteiger partial charge in [-0.05, 0) is 25.0 Å². The van der Waals surface area contributed by atoms with Crippen molar-refractivity contribution in [2.24, 2.45) is 5.92 Å². The molecule has 0 spiro atoms. The second kappa shape index (κ2) is 7.55. The molecule has 1 aromatic rings. The maximum Gasteiger partial charge on any atom is 0.273 e. The van der Waals surface area contributed by atoms with E-state index in [1.807, 2.05) is 0 Å². The van der Waals surface area contributed by atoms with Crippen LogP contribution in [0.5, 0.6) is 5.75 Å². The van der Waals surface area contributed by atoms with Gasteiger partial charge in [0.05, 0.1) is 23.5 Å². The summed E-state index contributed by atoms with van der Waals surface area (Å²) < 4.78 is 5.61. The number of benzene rings is 1. The molecule has 2 heterocycles. The van der Waals surface area contributed by atoms with Crippen LogP contribution in [-0.4, -0.2) is 52.8 Å². The van der Waals surface area contributed by atoms with Gasteiger partial charge in [0.25, 0.3) is 5.69 Å². The van der Waals surface area contributed by atoms with E-state index in [0.717, 1.165) is 18.4 Å². The first-order chi connectivity index (χ1) is 12.5. The minimum atomic E-state index is -0.468. The van der Waals surface area contributed by atoms with Gasteiger partial charge in [-0.3, -0.25) is 19.7 Å². The quantitative estimate of drug-likeness (QED) is 0.466. The Labute approximate surface area is 151 Å². The van der Waals surface area contributed by atoms with Crippen molar-refractivity contribution < 1.29 is 19.2 Å². The van der Waals surface area contributed by atoms with Crippen molar-refractivity contribution in [3.63, 3.8) is 0 Å². The van der Waals surface area contributed by atoms with Crippen molar-refractivity contribution >= 4 is 17.5 Å². The van der Waals surface area contributed by atoms with Crippen LogP contribution in [0.2, 0.25) is 0 Å². The number of carbonyl (C=O) groups is 2. The number of fused-ring (bicyclic) bond motifs is 1. The van der Waals surface area contributed by atoms with Gasteiger partial charge in [-0.15, -0.1) is 0 Å². The van der Waals surface area contributed by atoms with Crippen molar-refractivity contribution in [1.29, 1.82) is 0 Å². The molecule has 3 rings (SSSR count). The van der Waals surface area contributed by atoms with Crippen molar-refractivity contribution in [1.82, 2.24) is 9.80 Å². The van der Waals surface area contributed by atoms with Gasteiger partial charge < -0.3 is 14.5 Å². The average molecular weight is 359 g/mol. The highest BCUT2D eigenvalue weighted by Gasteiger charge is 2.32. The highest BCUT2D eigenvalue weighted by atomic mass is 16.6. The number of ether oxygens (including phenoxy) is 1. The molecule has 2 aliphatic heterocycles. The van der Waals surface area contributed by atoms with E-state index >= 15 is 0 Å². The van der Waals surface area contributed by atoms with E-state index in [0.29, 0.717) is 31.9 Å². The third-order valence-electron chi connectivity index (χ3n) is 4.81. The number of carbonyl (C=O) groups excluding carboxylic acids is 2. The molecule has 8 heteroatoms. The number of nitro benzene ring substituents is 1. The monoisotopic (exact) mass is 359 g/mol. The second-order valence-corrected chi connectivity index (χ2v) is 6.48. The number of nitrogens with zero attached hydrogens (tertiary/aromatic N) is 3. The summed E-state index contributed by atoms with van der Waals surface area (Å²) in [6, 6.07) is 4.45. The number of rotatable bonds is 3. The van der Waals surface area contributed by atoms with Crippen LogP contribution in [0.4, 0.5) is 5.69 Å². The van der Waals surface area contributed by atoms with Gasteiger partial charge >= 0.3 is 0 Å². The van der Waals surface area contributed by atoms with Gasteiger partial charge in [-0.25, -0.2) is 0 Å². The molecule has 2 aliphatic rings. The maximum atomic E-state index is 12.9. The summed E-state index contributed by atoms with van der Waals surface area (Å²) in [6.45, 7) is 5.58. The summed E-state index contributed by atoms with van der Waals surface area (Å²) in [4.78, 5) is 38.6. The van der Waals surface area contributed by atoms with E-state index in [9.17, 15) is 19.7 Å². The van der Waals surface area contributed by atoms with Gasteiger partial charge in [0, 0.05) is 31.3 Å². The molecule has 0 aromatic heterocycles. The van der Waals surface area contributed by atoms with Gasteiger partial charge in [0.2, 0.25) is 11.8 Å². The van der Waals surface area contributed by atoms with E-state index in [4.69, 9.17) is 4.74 Å². The molecule has 2 amide bonds. The van der Waals surface area contributed by atoms with E-state index in [1.165, 1.54) is 18.2 Å². The lowest BCUT2D eigenvalue weighted by Crippen LogP contribution is -2.46. The average Bonchev–Trinajstić information content (AvgIpc) is 2.88. The number of non-ortho nitro benzene ring substituents is 1. The maximum absolute atomic E-state index is 12.9. The Morgan fingerprint density at radius 3 is 2.85 bits per heavy atom. The van der Waals surface area contributed by atoms with Gasteiger partial charge in [0.15, 0.2) is 0 Å². The Morgan fingerprint density at radius 1 is 1.31 bits per heavy atom. The Hall–Kier alpha value is -2.90. The molecular formula is C18H21N3O5. The Bertz CT molecular complexity index is 748. The van der Waals surface area contributed by atoms with Crippen LogP contribution >= 0.6 is 0 Å². The minimum absolute atomic E-state index is 0.0126. The second-order valence-electron chi connectivity index (χ2n) is 6.48. The molecule has 1 saturated heterocycles. The third kappa shape index (κ3) is 3.68. The molecule has 0 radical (unpaired) electrons. The van der Waals surface area contributed by atoms with Crippen LogP contribution in [0.25, 0.3) is 0 Å². The zero-order chi connectivity index (χ0) is 18.7. The molecule has 1 unspecified atom stereocenters. The molecular weight excluding hydrogens is 338 g/mol. The zero-order valence-electron chi connectivity index (χ0n) is 14.4. The van der Waals surface area contributed by atoms with E-state index in [2.05, 4.69) is 6.58 Å². The Morgan fingerprint density at radius 2 is 2.12 bits per heavy atom. The van der Waals surface area contributed by atoms with Gasteiger partial charge in [-0.2, -0.15) is 0 Å². The zero-order valence-corrected chi connectivity index (χ0v) is 14.4. The van der Waals surface area contributed by atoms with Crippen molar-refractivity contribution in [2.75, 3.05) is 26.2 Å². The van der Waals surface area contributed by atoms with Crippen LogP contribution in [0.3, 0.4) is 0 Å². The number of nitro groups is 1. The summed E-state index contributed by atoms with van der Waals surface area (Å²) in [5, 5.41) is 10.9. The molecule has 0 bridgehead atoms. The standard InChI is InChI=1S/C18H21N3O5/c1-2-17(22)19-7-3-4-14(12-19)18(23)20-8-9-26-16-10-15(21(24)25)6-5-13(16)11-20/h2,5-6,10,14H,1,3-4,7-9,11-12H2. The largest absolute Gasteiger partial charge is 0.491 e. The fourth-order valence-electron chi connectivity index (χ4n) is 3.43. The predicted molar refractivity (Wildman–Crippen MR) is 93.5 cm³/mol. The lowest BCUT2D eigenvalue weighted by molar-refractivity contribution is -0.384. The van der Waals surface area contributed by atoms with Crippen LogP contribution < -0.4 is 4.74 Å². The first kappa shape index (κ1) is 17.9. The number of hydrogen-bond acceptors (Lipinski definition) is 5. The summed E-state index contributed by atoms with van der Waals surface area (Å²) in [5.41, 5.74) is 0.714. The van der Waals surface area contributed by atoms with E-state index in [1.54, 1.807) is 15.9 Å². The molecule has 1 fully saturated rings. The van der Waals surface area contributed by atoms with Crippen LogP contribution in [0.15, 0.2) is 30.9 Å². The Kier molecular flexibility index (Phi) is 5.20. The highest BCUT2D eigenvalue weighted by Crippen LogP contribution is 2.29. The lowest BCUT2D eigenvalue weighted by Gasteiger charge is -2.34. The summed E-state index contributed by atoms with van der Waals surface area (Å²) >= 11 is 0. The predicted octanol–water partition coefficient (Wildman–Crippen LogP) is 1.74. The van der Waals surface area contributed by atoms with Gasteiger partial charge in [-0.1, -0.05) is 6.58 Å². The number of piperidine rings is 1. The first-order valence-corrected chi connectivity index (χ1v) is 8.60. The van der Waals surface area contributed by atoms with E-state index < -0.39 is 4.92 Å². The molecule has 138 valence electrons. The molecule has 26 heavy (non-hydrogen) atoms. The minimum Gasteiger partial charge on any atom is -0.491 e. The molecule has 8 nitrogen and oxygen atoms in total. The summed E-state index contributed by atoms with van der Waals surface area (Å²) in [5.74, 6) is 0.0366. The fourth-order valence-corrected chi connectivity index (χ4v) is 3.43. The summed E-state index contributed by atoms with van der Waals surface area (Å²) in [6.07, 6.45) is 2.79.